The Morgan fingerprint density at radius 3 is 2.75 bits per heavy atom. The third-order valence-corrected chi connectivity index (χ3v) is 7.88. The van der Waals surface area contributed by atoms with E-state index in [0.29, 0.717) is 17.4 Å². The van der Waals surface area contributed by atoms with Crippen molar-refractivity contribution in [3.05, 3.63) is 46.8 Å². The monoisotopic (exact) mass is 490 g/mol. The van der Waals surface area contributed by atoms with E-state index in [4.69, 9.17) is 9.47 Å². The van der Waals surface area contributed by atoms with Crippen LogP contribution in [0.1, 0.15) is 57.1 Å². The summed E-state index contributed by atoms with van der Waals surface area (Å²) in [6, 6.07) is 7.04. The number of rotatable bonds is 5. The zero-order chi connectivity index (χ0) is 24.8. The molecular weight excluding hydrogens is 456 g/mol. The number of aromatic nitrogens is 5. The molecule has 0 spiro atoms. The molecule has 2 saturated heterocycles. The molecule has 3 aromatic heterocycles. The van der Waals surface area contributed by atoms with E-state index in [1.165, 1.54) is 11.9 Å². The third-order valence-electron chi connectivity index (χ3n) is 7.88. The van der Waals surface area contributed by atoms with Crippen molar-refractivity contribution < 1.29 is 9.47 Å². The summed E-state index contributed by atoms with van der Waals surface area (Å²) < 4.78 is 14.9. The molecule has 6 rings (SSSR count). The molecule has 1 N–H and O–H groups in total. The number of aromatic amines is 1. The highest BCUT2D eigenvalue weighted by Gasteiger charge is 2.30. The number of nitrogens with zero attached hydrogens (tertiary/aromatic N) is 5. The Bertz CT molecular complexity index is 1450. The molecule has 2 aliphatic rings. The van der Waals surface area contributed by atoms with Crippen molar-refractivity contribution in [3.8, 4) is 16.9 Å². The summed E-state index contributed by atoms with van der Waals surface area (Å²) in [5.41, 5.74) is 5.73. The van der Waals surface area contributed by atoms with Gasteiger partial charge in [-0.05, 0) is 67.5 Å². The molecule has 0 saturated carbocycles. The zero-order valence-corrected chi connectivity index (χ0v) is 21.2. The van der Waals surface area contributed by atoms with Gasteiger partial charge in [0.2, 0.25) is 0 Å². The van der Waals surface area contributed by atoms with Crippen LogP contribution in [-0.4, -0.2) is 68.5 Å². The van der Waals surface area contributed by atoms with Crippen molar-refractivity contribution in [1.29, 1.82) is 0 Å². The van der Waals surface area contributed by atoms with Crippen LogP contribution in [0.3, 0.4) is 0 Å². The van der Waals surface area contributed by atoms with E-state index in [-0.39, 0.29) is 17.6 Å². The van der Waals surface area contributed by atoms with Gasteiger partial charge in [0.05, 0.1) is 24.2 Å². The number of methoxy groups -OCH3 is 1. The SMILES string of the molecule is COc1cc(-c2cc3[nH]c(=O)n(C4CCCN(C5CCOCC5)C4)c3cc2C(C)C)cn2ncnc12. The Balaban J connectivity index is 1.43. The van der Waals surface area contributed by atoms with Gasteiger partial charge >= 0.3 is 5.69 Å². The summed E-state index contributed by atoms with van der Waals surface area (Å²) in [6.07, 6.45) is 7.78. The average Bonchev–Trinajstić information content (AvgIpc) is 3.51. The molecule has 36 heavy (non-hydrogen) atoms. The number of piperidine rings is 1. The number of fused-ring (bicyclic) bond motifs is 2. The predicted molar refractivity (Wildman–Crippen MR) is 139 cm³/mol. The molecule has 0 bridgehead atoms. The molecule has 2 aliphatic heterocycles. The second kappa shape index (κ2) is 9.37. The van der Waals surface area contributed by atoms with E-state index < -0.39 is 0 Å². The van der Waals surface area contributed by atoms with Gasteiger partial charge in [0.15, 0.2) is 11.4 Å². The van der Waals surface area contributed by atoms with Gasteiger partial charge in [0.25, 0.3) is 0 Å². The van der Waals surface area contributed by atoms with Crippen LogP contribution in [0.4, 0.5) is 0 Å². The lowest BCUT2D eigenvalue weighted by molar-refractivity contribution is 0.0191. The molecule has 0 amide bonds. The first-order valence-electron chi connectivity index (χ1n) is 13.0. The number of hydrogen-bond acceptors (Lipinski definition) is 6. The van der Waals surface area contributed by atoms with Gasteiger partial charge < -0.3 is 14.5 Å². The first-order valence-corrected chi connectivity index (χ1v) is 13.0. The van der Waals surface area contributed by atoms with E-state index >= 15 is 0 Å². The first-order chi connectivity index (χ1) is 17.5. The fraction of sp³-hybridized carbons (Fsp3) is 0.519. The minimum absolute atomic E-state index is 0.0278. The molecule has 2 fully saturated rings. The van der Waals surface area contributed by atoms with Crippen molar-refractivity contribution in [1.82, 2.24) is 29.0 Å². The van der Waals surface area contributed by atoms with Crippen molar-refractivity contribution in [2.45, 2.75) is 57.5 Å². The summed E-state index contributed by atoms with van der Waals surface area (Å²) in [6.45, 7) is 8.08. The highest BCUT2D eigenvalue weighted by molar-refractivity contribution is 5.85. The fourth-order valence-electron chi connectivity index (χ4n) is 6.05. The van der Waals surface area contributed by atoms with Crippen molar-refractivity contribution in [2.24, 2.45) is 0 Å². The number of pyridine rings is 1. The standard InChI is InChI=1S/C27H34N6O3/c1-17(2)21-13-24-23(12-22(21)18-11-25(35-3)26-28-16-29-32(26)14-18)30-27(34)33(24)20-5-4-8-31(15-20)19-6-9-36-10-7-19/h11-14,16-17,19-20H,4-10,15H2,1-3H3,(H,30,34). The molecule has 4 aromatic rings. The molecule has 1 atom stereocenters. The molecule has 9 nitrogen and oxygen atoms in total. The normalized spacial score (nSPS) is 20.1. The number of likely N-dealkylation sites (tertiary alicyclic amines) is 1. The summed E-state index contributed by atoms with van der Waals surface area (Å²) in [7, 11) is 1.64. The molecular formula is C27H34N6O3. The van der Waals surface area contributed by atoms with Crippen LogP contribution in [0.5, 0.6) is 5.75 Å². The van der Waals surface area contributed by atoms with Crippen LogP contribution in [0.15, 0.2) is 35.5 Å². The second-order valence-electron chi connectivity index (χ2n) is 10.4. The Morgan fingerprint density at radius 2 is 1.97 bits per heavy atom. The molecule has 5 heterocycles. The lowest BCUT2D eigenvalue weighted by Crippen LogP contribution is -2.46. The molecule has 9 heteroatoms. The van der Waals surface area contributed by atoms with Crippen LogP contribution >= 0.6 is 0 Å². The number of imidazole rings is 1. The van der Waals surface area contributed by atoms with Gasteiger partial charge in [-0.1, -0.05) is 13.8 Å². The van der Waals surface area contributed by atoms with Crippen molar-refractivity contribution in [2.75, 3.05) is 33.4 Å². The summed E-state index contributed by atoms with van der Waals surface area (Å²) in [5, 5.41) is 4.33. The number of H-pyrrole nitrogens is 1. The molecule has 0 aliphatic carbocycles. The van der Waals surface area contributed by atoms with E-state index in [9.17, 15) is 4.79 Å². The van der Waals surface area contributed by atoms with Crippen molar-refractivity contribution >= 4 is 16.7 Å². The van der Waals surface area contributed by atoms with Crippen LogP contribution in [0, 0.1) is 0 Å². The molecule has 1 unspecified atom stereocenters. The second-order valence-corrected chi connectivity index (χ2v) is 10.4. The maximum atomic E-state index is 13.3. The summed E-state index contributed by atoms with van der Waals surface area (Å²) in [4.78, 5) is 23.4. The lowest BCUT2D eigenvalue weighted by Gasteiger charge is -2.40. The van der Waals surface area contributed by atoms with Gasteiger partial charge in [0.1, 0.15) is 6.33 Å². The minimum Gasteiger partial charge on any atom is -0.493 e. The van der Waals surface area contributed by atoms with Crippen molar-refractivity contribution in [3.63, 3.8) is 0 Å². The molecule has 1 aromatic carbocycles. The maximum Gasteiger partial charge on any atom is 0.326 e. The van der Waals surface area contributed by atoms with Crippen LogP contribution in [0.25, 0.3) is 27.8 Å². The topological polar surface area (TPSA) is 89.7 Å². The fourth-order valence-corrected chi connectivity index (χ4v) is 6.05. The predicted octanol–water partition coefficient (Wildman–Crippen LogP) is 3.99. The first kappa shape index (κ1) is 23.2. The highest BCUT2D eigenvalue weighted by Crippen LogP contribution is 2.36. The Hall–Kier alpha value is -3.17. The number of ether oxygens (including phenoxy) is 2. The van der Waals surface area contributed by atoms with E-state index in [1.807, 2.05) is 16.8 Å². The van der Waals surface area contributed by atoms with Crippen LogP contribution < -0.4 is 10.4 Å². The quantitative estimate of drug-likeness (QED) is 0.455. The number of nitrogens with one attached hydrogen (secondary N) is 1. The molecule has 0 radical (unpaired) electrons. The largest absolute Gasteiger partial charge is 0.493 e. The lowest BCUT2D eigenvalue weighted by atomic mass is 9.92. The Labute approximate surface area is 210 Å². The van der Waals surface area contributed by atoms with Crippen LogP contribution in [0.2, 0.25) is 0 Å². The zero-order valence-electron chi connectivity index (χ0n) is 21.2. The summed E-state index contributed by atoms with van der Waals surface area (Å²) in [5.74, 6) is 0.937. The third kappa shape index (κ3) is 4.00. The van der Waals surface area contributed by atoms with E-state index in [1.54, 1.807) is 11.6 Å². The summed E-state index contributed by atoms with van der Waals surface area (Å²) >= 11 is 0. The van der Waals surface area contributed by atoms with Gasteiger partial charge in [-0.15, -0.1) is 0 Å². The van der Waals surface area contributed by atoms with E-state index in [0.717, 1.165) is 74.1 Å². The molecule has 190 valence electrons. The average molecular weight is 491 g/mol. The Morgan fingerprint density at radius 1 is 1.14 bits per heavy atom. The van der Waals surface area contributed by atoms with Gasteiger partial charge in [-0.3, -0.25) is 9.47 Å². The highest BCUT2D eigenvalue weighted by atomic mass is 16.5. The van der Waals surface area contributed by atoms with E-state index in [2.05, 4.69) is 45.9 Å². The number of hydrogen-bond donors (Lipinski definition) is 1. The van der Waals surface area contributed by atoms with Gasteiger partial charge in [0, 0.05) is 37.6 Å². The maximum absolute atomic E-state index is 13.3. The smallest absolute Gasteiger partial charge is 0.326 e. The van der Waals surface area contributed by atoms with Gasteiger partial charge in [-0.25, -0.2) is 14.3 Å². The minimum atomic E-state index is -0.0278. The van der Waals surface area contributed by atoms with Gasteiger partial charge in [-0.2, -0.15) is 5.10 Å². The Kier molecular flexibility index (Phi) is 6.05. The number of benzene rings is 1. The van der Waals surface area contributed by atoms with Crippen LogP contribution in [-0.2, 0) is 4.74 Å².